The molecule has 0 radical (unpaired) electrons. The van der Waals surface area contributed by atoms with Crippen molar-refractivity contribution in [3.63, 3.8) is 0 Å². The monoisotopic (exact) mass is 187 g/mol. The van der Waals surface area contributed by atoms with Gasteiger partial charge in [-0.2, -0.15) is 4.57 Å². The minimum atomic E-state index is 0.466. The van der Waals surface area contributed by atoms with Gasteiger partial charge in [0.2, 0.25) is 0 Å². The second-order valence-corrected chi connectivity index (χ2v) is 2.99. The summed E-state index contributed by atoms with van der Waals surface area (Å²) in [6.07, 6.45) is 5.16. The van der Waals surface area contributed by atoms with Crippen LogP contribution in [0.2, 0.25) is 0 Å². The second-order valence-electron chi connectivity index (χ2n) is 2.99. The van der Waals surface area contributed by atoms with Crippen molar-refractivity contribution in [1.82, 2.24) is 0 Å². The zero-order chi connectivity index (χ0) is 9.97. The number of hydrogen-bond acceptors (Lipinski definition) is 2. The highest BCUT2D eigenvalue weighted by Gasteiger charge is 2.14. The summed E-state index contributed by atoms with van der Waals surface area (Å²) >= 11 is 0. The number of terminal acetylenes is 1. The molecule has 2 rings (SSSR count). The molecule has 0 atom stereocenters. The maximum Gasteiger partial charge on any atom is 0.455 e. The number of hydrogen-bond donors (Lipinski definition) is 1. The zero-order valence-corrected chi connectivity index (χ0v) is 7.95. The minimum absolute atomic E-state index is 0.466. The van der Waals surface area contributed by atoms with E-state index in [0.29, 0.717) is 12.6 Å². The van der Waals surface area contributed by atoms with Crippen LogP contribution in [-0.4, -0.2) is 6.54 Å². The lowest BCUT2D eigenvalue weighted by Gasteiger charge is -1.89. The summed E-state index contributed by atoms with van der Waals surface area (Å²) in [7, 11) is 1.94. The first-order valence-corrected chi connectivity index (χ1v) is 4.38. The molecule has 1 aromatic heterocycles. The number of rotatable bonds is 2. The van der Waals surface area contributed by atoms with Crippen molar-refractivity contribution in [1.29, 1.82) is 0 Å². The molecule has 70 valence electrons. The van der Waals surface area contributed by atoms with Crippen molar-refractivity contribution in [3.05, 3.63) is 24.3 Å². The molecule has 1 heterocycles. The molecule has 0 aliphatic rings. The zero-order valence-electron chi connectivity index (χ0n) is 7.95. The third-order valence-corrected chi connectivity index (χ3v) is 2.08. The van der Waals surface area contributed by atoms with E-state index in [-0.39, 0.29) is 0 Å². The molecular weight excluding hydrogens is 176 g/mol. The van der Waals surface area contributed by atoms with Gasteiger partial charge in [0, 0.05) is 0 Å². The molecule has 0 saturated carbocycles. The molecule has 3 heteroatoms. The van der Waals surface area contributed by atoms with Gasteiger partial charge in [-0.05, 0) is 12.1 Å². The Morgan fingerprint density at radius 3 is 3.00 bits per heavy atom. The van der Waals surface area contributed by atoms with E-state index in [9.17, 15) is 0 Å². The number of aryl methyl sites for hydroxylation is 1. The highest BCUT2D eigenvalue weighted by Crippen LogP contribution is 2.14. The number of anilines is 1. The van der Waals surface area contributed by atoms with Gasteiger partial charge in [0.15, 0.2) is 11.1 Å². The van der Waals surface area contributed by atoms with Crippen LogP contribution >= 0.6 is 0 Å². The van der Waals surface area contributed by atoms with Crippen LogP contribution in [0.1, 0.15) is 0 Å². The van der Waals surface area contributed by atoms with E-state index in [1.807, 2.05) is 35.9 Å². The van der Waals surface area contributed by atoms with Gasteiger partial charge in [-0.1, -0.05) is 18.1 Å². The molecule has 0 unspecified atom stereocenters. The van der Waals surface area contributed by atoms with Gasteiger partial charge in [-0.25, -0.2) is 5.32 Å². The molecule has 0 bridgehead atoms. The van der Waals surface area contributed by atoms with Crippen molar-refractivity contribution in [2.24, 2.45) is 7.05 Å². The second kappa shape index (κ2) is 3.43. The van der Waals surface area contributed by atoms with Crippen molar-refractivity contribution in [2.75, 3.05) is 11.9 Å². The largest absolute Gasteiger partial charge is 0.455 e. The molecule has 0 saturated heterocycles. The maximum absolute atomic E-state index is 5.56. The number of nitrogens with one attached hydrogen (secondary N) is 1. The first-order valence-electron chi connectivity index (χ1n) is 4.38. The predicted molar refractivity (Wildman–Crippen MR) is 54.7 cm³/mol. The maximum atomic E-state index is 5.56. The van der Waals surface area contributed by atoms with Gasteiger partial charge in [-0.3, -0.25) is 0 Å². The topological polar surface area (TPSA) is 29.1 Å². The van der Waals surface area contributed by atoms with Gasteiger partial charge >= 0.3 is 6.01 Å². The van der Waals surface area contributed by atoms with Gasteiger partial charge < -0.3 is 4.42 Å². The summed E-state index contributed by atoms with van der Waals surface area (Å²) in [5.41, 5.74) is 1.90. The van der Waals surface area contributed by atoms with E-state index in [1.165, 1.54) is 0 Å². The van der Waals surface area contributed by atoms with Crippen molar-refractivity contribution in [2.45, 2.75) is 0 Å². The summed E-state index contributed by atoms with van der Waals surface area (Å²) in [4.78, 5) is 0. The smallest absolute Gasteiger partial charge is 0.387 e. The number of para-hydroxylation sites is 2. The lowest BCUT2D eigenvalue weighted by molar-refractivity contribution is -0.634. The Labute approximate surface area is 82.3 Å². The van der Waals surface area contributed by atoms with Gasteiger partial charge in [0.05, 0.1) is 7.05 Å². The molecule has 0 aliphatic carbocycles. The molecule has 0 spiro atoms. The van der Waals surface area contributed by atoms with Crippen LogP contribution in [0.25, 0.3) is 11.1 Å². The third kappa shape index (κ3) is 1.31. The summed E-state index contributed by atoms with van der Waals surface area (Å²) in [6, 6.07) is 8.53. The number of oxazole rings is 1. The Hall–Kier alpha value is -1.95. The first-order chi connectivity index (χ1) is 6.83. The van der Waals surface area contributed by atoms with E-state index in [2.05, 4.69) is 11.2 Å². The average molecular weight is 187 g/mol. The van der Waals surface area contributed by atoms with Crippen LogP contribution in [0, 0.1) is 12.3 Å². The number of aromatic nitrogens is 1. The number of benzene rings is 1. The number of nitrogens with zero attached hydrogens (tertiary/aromatic N) is 1. The van der Waals surface area contributed by atoms with E-state index in [1.54, 1.807) is 0 Å². The fourth-order valence-corrected chi connectivity index (χ4v) is 1.38. The Morgan fingerprint density at radius 1 is 1.50 bits per heavy atom. The molecule has 1 aromatic carbocycles. The fourth-order valence-electron chi connectivity index (χ4n) is 1.38. The molecule has 3 nitrogen and oxygen atoms in total. The molecular formula is C11H11N2O+. The highest BCUT2D eigenvalue weighted by molar-refractivity contribution is 5.69. The summed E-state index contributed by atoms with van der Waals surface area (Å²) in [6.45, 7) is 0.466. The van der Waals surface area contributed by atoms with E-state index >= 15 is 0 Å². The van der Waals surface area contributed by atoms with E-state index < -0.39 is 0 Å². The number of fused-ring (bicyclic) bond motifs is 1. The summed E-state index contributed by atoms with van der Waals surface area (Å²) in [5.74, 6) is 2.50. The lowest BCUT2D eigenvalue weighted by atomic mass is 10.3. The average Bonchev–Trinajstić information content (AvgIpc) is 2.54. The summed E-state index contributed by atoms with van der Waals surface area (Å²) < 4.78 is 7.49. The van der Waals surface area contributed by atoms with Crippen molar-refractivity contribution in [3.8, 4) is 12.3 Å². The van der Waals surface area contributed by atoms with E-state index in [0.717, 1.165) is 11.1 Å². The standard InChI is InChI=1S/C11H10N2O/c1-3-8-12-11-13(2)9-6-4-5-7-10(9)14-11/h1,4-7H,8H2,2H3/p+1. The molecule has 14 heavy (non-hydrogen) atoms. The van der Waals surface area contributed by atoms with Crippen LogP contribution in [-0.2, 0) is 7.05 Å². The first kappa shape index (κ1) is 8.64. The quantitative estimate of drug-likeness (QED) is 0.567. The molecule has 0 amide bonds. The molecule has 1 N–H and O–H groups in total. The normalized spacial score (nSPS) is 10.0. The Bertz CT molecular complexity index is 493. The SMILES string of the molecule is C#CCNc1oc2ccccc2[n+]1C. The van der Waals surface area contributed by atoms with Crippen LogP contribution in [0.3, 0.4) is 0 Å². The molecule has 0 fully saturated rings. The van der Waals surface area contributed by atoms with Gasteiger partial charge in [0.1, 0.15) is 6.54 Å². The summed E-state index contributed by atoms with van der Waals surface area (Å²) in [5, 5.41) is 3.01. The van der Waals surface area contributed by atoms with Gasteiger partial charge in [0.25, 0.3) is 0 Å². The van der Waals surface area contributed by atoms with Crippen LogP contribution in [0.15, 0.2) is 28.7 Å². The fraction of sp³-hybridized carbons (Fsp3) is 0.182. The Kier molecular flexibility index (Phi) is 2.11. The van der Waals surface area contributed by atoms with Crippen LogP contribution in [0.5, 0.6) is 0 Å². The predicted octanol–water partition coefficient (Wildman–Crippen LogP) is 1.30. The highest BCUT2D eigenvalue weighted by atomic mass is 16.4. The van der Waals surface area contributed by atoms with Crippen LogP contribution < -0.4 is 9.88 Å². The van der Waals surface area contributed by atoms with E-state index in [4.69, 9.17) is 10.8 Å². The van der Waals surface area contributed by atoms with Gasteiger partial charge in [-0.15, -0.1) is 6.42 Å². The molecule has 2 aromatic rings. The Balaban J connectivity index is 2.47. The molecule has 0 aliphatic heterocycles. The van der Waals surface area contributed by atoms with Crippen molar-refractivity contribution >= 4 is 17.1 Å². The lowest BCUT2D eigenvalue weighted by Crippen LogP contribution is -2.30. The third-order valence-electron chi connectivity index (χ3n) is 2.08. The van der Waals surface area contributed by atoms with Crippen molar-refractivity contribution < 1.29 is 8.98 Å². The Morgan fingerprint density at radius 2 is 2.29 bits per heavy atom. The minimum Gasteiger partial charge on any atom is -0.387 e. The van der Waals surface area contributed by atoms with Crippen LogP contribution in [0.4, 0.5) is 6.01 Å².